The van der Waals surface area contributed by atoms with E-state index in [9.17, 15) is 9.59 Å². The Kier molecular flexibility index (Phi) is 5.65. The fourth-order valence-electron chi connectivity index (χ4n) is 3.01. The molecule has 1 N–H and O–H groups in total. The molecule has 0 spiro atoms. The quantitative estimate of drug-likeness (QED) is 0.454. The van der Waals surface area contributed by atoms with Crippen LogP contribution in [0.4, 0.5) is 5.69 Å². The predicted octanol–water partition coefficient (Wildman–Crippen LogP) is 4.82. The highest BCUT2D eigenvalue weighted by atomic mass is 35.5. The maximum atomic E-state index is 12.8. The van der Waals surface area contributed by atoms with Gasteiger partial charge in [-0.1, -0.05) is 29.8 Å². The number of esters is 1. The highest BCUT2D eigenvalue weighted by Crippen LogP contribution is 2.26. The molecule has 4 aromatic rings. The number of nitrogens with one attached hydrogen (secondary N) is 1. The van der Waals surface area contributed by atoms with Gasteiger partial charge < -0.3 is 14.5 Å². The van der Waals surface area contributed by atoms with Crippen molar-refractivity contribution in [1.29, 1.82) is 5.26 Å². The number of ether oxygens (including phenoxy) is 1. The van der Waals surface area contributed by atoms with Crippen LogP contribution >= 0.6 is 11.6 Å². The van der Waals surface area contributed by atoms with E-state index in [1.165, 1.54) is 18.4 Å². The number of nitrogens with zero attached hydrogens (tertiary/aromatic N) is 2. The zero-order valence-electron chi connectivity index (χ0n) is 16.0. The lowest BCUT2D eigenvalue weighted by Gasteiger charge is -2.10. The Balaban J connectivity index is 1.54. The normalized spacial score (nSPS) is 10.5. The average molecular weight is 432 g/mol. The first-order valence-corrected chi connectivity index (χ1v) is 9.53. The maximum Gasteiger partial charge on any atom is 0.339 e. The highest BCUT2D eigenvalue weighted by molar-refractivity contribution is 6.31. The summed E-state index contributed by atoms with van der Waals surface area (Å²) in [6, 6.07) is 18.6. The van der Waals surface area contributed by atoms with Crippen molar-refractivity contribution in [2.75, 3.05) is 11.9 Å². The van der Waals surface area contributed by atoms with E-state index in [2.05, 4.69) is 10.3 Å². The monoisotopic (exact) mass is 431 g/mol. The minimum Gasteiger partial charge on any atom is -0.463 e. The van der Waals surface area contributed by atoms with Crippen LogP contribution in [0, 0.1) is 11.3 Å². The number of fused-ring (bicyclic) bond motifs is 1. The standard InChI is InChI=1S/C23H14ClN3O4/c24-15-8-7-14(12-25)19(10-15)27-22(28)13-31-23(29)17-11-20(21-6-3-9-30-21)26-18-5-2-1-4-16(17)18/h1-11H,13H2,(H,27,28). The number of hydrogen-bond donors (Lipinski definition) is 1. The van der Waals surface area contributed by atoms with Gasteiger partial charge in [-0.2, -0.15) is 5.26 Å². The SMILES string of the molecule is N#Cc1ccc(Cl)cc1NC(=O)COC(=O)c1cc(-c2ccco2)nc2ccccc12. The Labute approximate surface area is 181 Å². The summed E-state index contributed by atoms with van der Waals surface area (Å²) in [7, 11) is 0. The van der Waals surface area contributed by atoms with Crippen molar-refractivity contribution in [1.82, 2.24) is 4.98 Å². The van der Waals surface area contributed by atoms with E-state index < -0.39 is 18.5 Å². The number of carbonyl (C=O) groups excluding carboxylic acids is 2. The molecule has 2 aromatic heterocycles. The third-order valence-electron chi connectivity index (χ3n) is 4.42. The predicted molar refractivity (Wildman–Crippen MR) is 115 cm³/mol. The zero-order valence-corrected chi connectivity index (χ0v) is 16.7. The lowest BCUT2D eigenvalue weighted by atomic mass is 10.1. The number of para-hydroxylation sites is 1. The lowest BCUT2D eigenvalue weighted by Crippen LogP contribution is -2.21. The summed E-state index contributed by atoms with van der Waals surface area (Å²) < 4.78 is 10.6. The second-order valence-corrected chi connectivity index (χ2v) is 6.91. The highest BCUT2D eigenvalue weighted by Gasteiger charge is 2.18. The molecule has 0 aliphatic rings. The molecule has 7 nitrogen and oxygen atoms in total. The van der Waals surface area contributed by atoms with Gasteiger partial charge in [0.2, 0.25) is 0 Å². The Morgan fingerprint density at radius 3 is 2.74 bits per heavy atom. The number of pyridine rings is 1. The topological polar surface area (TPSA) is 105 Å². The average Bonchev–Trinajstić information content (AvgIpc) is 3.32. The number of aromatic nitrogens is 1. The van der Waals surface area contributed by atoms with Crippen molar-refractivity contribution < 1.29 is 18.7 Å². The van der Waals surface area contributed by atoms with Crippen LogP contribution in [0.25, 0.3) is 22.4 Å². The summed E-state index contributed by atoms with van der Waals surface area (Å²) >= 11 is 5.92. The second-order valence-electron chi connectivity index (χ2n) is 6.48. The molecule has 0 fully saturated rings. The number of halogens is 1. The molecule has 2 heterocycles. The van der Waals surface area contributed by atoms with Crippen LogP contribution in [0.2, 0.25) is 5.02 Å². The van der Waals surface area contributed by atoms with Gasteiger partial charge in [0.1, 0.15) is 11.8 Å². The molecular formula is C23H14ClN3O4. The van der Waals surface area contributed by atoms with E-state index in [-0.39, 0.29) is 16.8 Å². The number of carbonyl (C=O) groups is 2. The number of nitriles is 1. The number of amides is 1. The van der Waals surface area contributed by atoms with E-state index in [0.29, 0.717) is 27.4 Å². The van der Waals surface area contributed by atoms with Crippen molar-refractivity contribution in [2.45, 2.75) is 0 Å². The van der Waals surface area contributed by atoms with Crippen molar-refractivity contribution >= 4 is 40.1 Å². The first kappa shape index (κ1) is 20.1. The van der Waals surface area contributed by atoms with Crippen molar-refractivity contribution in [3.8, 4) is 17.5 Å². The number of benzene rings is 2. The van der Waals surface area contributed by atoms with E-state index in [1.54, 1.807) is 42.5 Å². The van der Waals surface area contributed by atoms with Crippen molar-refractivity contribution in [2.24, 2.45) is 0 Å². The molecule has 0 saturated carbocycles. The van der Waals surface area contributed by atoms with Crippen LogP contribution in [0.3, 0.4) is 0 Å². The Morgan fingerprint density at radius 1 is 1.13 bits per heavy atom. The summed E-state index contributed by atoms with van der Waals surface area (Å²) in [4.78, 5) is 29.6. The first-order valence-electron chi connectivity index (χ1n) is 9.15. The van der Waals surface area contributed by atoms with Gasteiger partial charge in [-0.15, -0.1) is 0 Å². The Morgan fingerprint density at radius 2 is 1.97 bits per heavy atom. The Bertz CT molecular complexity index is 1330. The number of rotatable bonds is 5. The molecule has 152 valence electrons. The molecule has 31 heavy (non-hydrogen) atoms. The van der Waals surface area contributed by atoms with Gasteiger partial charge >= 0.3 is 5.97 Å². The molecule has 0 unspecified atom stereocenters. The molecule has 0 aliphatic carbocycles. The van der Waals surface area contributed by atoms with Gasteiger partial charge in [0.15, 0.2) is 12.4 Å². The number of hydrogen-bond acceptors (Lipinski definition) is 6. The fourth-order valence-corrected chi connectivity index (χ4v) is 3.18. The summed E-state index contributed by atoms with van der Waals surface area (Å²) in [5.41, 5.74) is 1.80. The largest absolute Gasteiger partial charge is 0.463 e. The molecule has 0 aliphatic heterocycles. The second kappa shape index (κ2) is 8.69. The van der Waals surface area contributed by atoms with Gasteiger partial charge in [-0.3, -0.25) is 4.79 Å². The molecule has 0 radical (unpaired) electrons. The Hall–Kier alpha value is -4.15. The van der Waals surface area contributed by atoms with Crippen molar-refractivity contribution in [3.05, 3.63) is 83.1 Å². The van der Waals surface area contributed by atoms with Crippen LogP contribution in [-0.4, -0.2) is 23.5 Å². The van der Waals surface area contributed by atoms with Crippen LogP contribution in [0.15, 0.2) is 71.3 Å². The third-order valence-corrected chi connectivity index (χ3v) is 4.66. The van der Waals surface area contributed by atoms with Crippen LogP contribution in [-0.2, 0) is 9.53 Å². The summed E-state index contributed by atoms with van der Waals surface area (Å²) in [6.07, 6.45) is 1.51. The van der Waals surface area contributed by atoms with Gasteiger partial charge in [0.05, 0.1) is 28.6 Å². The van der Waals surface area contributed by atoms with Gasteiger partial charge in [-0.05, 0) is 42.5 Å². The van der Waals surface area contributed by atoms with Gasteiger partial charge in [0, 0.05) is 10.4 Å². The number of anilines is 1. The summed E-state index contributed by atoms with van der Waals surface area (Å²) in [5.74, 6) is -0.785. The first-order chi connectivity index (χ1) is 15.0. The van der Waals surface area contributed by atoms with Gasteiger partial charge in [0.25, 0.3) is 5.91 Å². The molecule has 0 bridgehead atoms. The number of furan rings is 1. The molecule has 0 atom stereocenters. The fraction of sp³-hybridized carbons (Fsp3) is 0.0435. The molecule has 1 amide bonds. The molecule has 0 saturated heterocycles. The van der Waals surface area contributed by atoms with Gasteiger partial charge in [-0.25, -0.2) is 9.78 Å². The minimum absolute atomic E-state index is 0.241. The molecule has 4 rings (SSSR count). The maximum absolute atomic E-state index is 12.8. The smallest absolute Gasteiger partial charge is 0.339 e. The van der Waals surface area contributed by atoms with E-state index >= 15 is 0 Å². The van der Waals surface area contributed by atoms with Crippen LogP contribution in [0.1, 0.15) is 15.9 Å². The summed E-state index contributed by atoms with van der Waals surface area (Å²) in [5, 5.41) is 12.6. The van der Waals surface area contributed by atoms with E-state index in [0.717, 1.165) is 0 Å². The van der Waals surface area contributed by atoms with Crippen LogP contribution in [0.5, 0.6) is 0 Å². The van der Waals surface area contributed by atoms with E-state index in [1.807, 2.05) is 12.1 Å². The molecule has 2 aromatic carbocycles. The van der Waals surface area contributed by atoms with Crippen molar-refractivity contribution in [3.63, 3.8) is 0 Å². The van der Waals surface area contributed by atoms with E-state index in [4.69, 9.17) is 26.0 Å². The molecule has 8 heteroatoms. The minimum atomic E-state index is -0.687. The third kappa shape index (κ3) is 4.39. The lowest BCUT2D eigenvalue weighted by molar-refractivity contribution is -0.119. The summed E-state index contributed by atoms with van der Waals surface area (Å²) in [6.45, 7) is -0.539. The van der Waals surface area contributed by atoms with Crippen LogP contribution < -0.4 is 5.32 Å². The zero-order chi connectivity index (χ0) is 21.8. The molecular weight excluding hydrogens is 418 g/mol.